The average molecular weight is 485 g/mol. The molecule has 0 aromatic heterocycles. The number of unbranched alkanes of at least 4 members (excludes halogenated alkanes) is 6. The zero-order valence-electron chi connectivity index (χ0n) is 22.0. The predicted molar refractivity (Wildman–Crippen MR) is 139 cm³/mol. The van der Waals surface area contributed by atoms with Crippen molar-refractivity contribution in [2.24, 2.45) is 5.41 Å². The molecule has 1 saturated carbocycles. The van der Waals surface area contributed by atoms with Crippen LogP contribution in [0, 0.1) is 5.41 Å². The number of rotatable bonds is 14. The Morgan fingerprint density at radius 1 is 1.00 bits per heavy atom. The lowest BCUT2D eigenvalue weighted by Gasteiger charge is -2.57. The first-order chi connectivity index (χ1) is 17.0. The van der Waals surface area contributed by atoms with Crippen molar-refractivity contribution in [3.8, 4) is 5.75 Å². The smallest absolute Gasteiger partial charge is 0.338 e. The summed E-state index contributed by atoms with van der Waals surface area (Å²) in [4.78, 5) is 25.5. The lowest BCUT2D eigenvalue weighted by Crippen LogP contribution is -2.67. The molecule has 1 aromatic rings. The Bertz CT molecular complexity index is 835. The molecule has 1 aliphatic carbocycles. The number of carbonyl (C=O) groups excluding carboxylic acids is 2. The van der Waals surface area contributed by atoms with E-state index in [9.17, 15) is 9.59 Å². The number of allylic oxidation sites excluding steroid dienone is 1. The standard InChI is InChI=1S/C30H44O5/c1-4-7-9-11-20-30(19-6-3)29(28(32)35-30)21-17-26(18-22-29)34-27(31)24-13-15-25(16-14-24)33-23-12-10-8-5-2/h6,13-16,19,26H,4-5,7-12,17-18,20-23H2,1-3H3/b19-6+. The molecule has 2 aliphatic rings. The van der Waals surface area contributed by atoms with Crippen LogP contribution < -0.4 is 4.74 Å². The van der Waals surface area contributed by atoms with E-state index in [2.05, 4.69) is 19.9 Å². The molecule has 1 heterocycles. The molecule has 0 radical (unpaired) electrons. The molecule has 1 spiro atoms. The first kappa shape index (κ1) is 27.3. The Balaban J connectivity index is 1.50. The van der Waals surface area contributed by atoms with Crippen LogP contribution in [0.1, 0.15) is 115 Å². The molecule has 0 bridgehead atoms. The van der Waals surface area contributed by atoms with Gasteiger partial charge in [0.1, 0.15) is 22.9 Å². The largest absolute Gasteiger partial charge is 0.494 e. The van der Waals surface area contributed by atoms with Crippen molar-refractivity contribution >= 4 is 11.9 Å². The van der Waals surface area contributed by atoms with Crippen LogP contribution in [-0.2, 0) is 14.3 Å². The van der Waals surface area contributed by atoms with Gasteiger partial charge in [-0.05, 0) is 82.2 Å². The molecule has 5 heteroatoms. The molecule has 5 nitrogen and oxygen atoms in total. The van der Waals surface area contributed by atoms with Crippen LogP contribution in [0.5, 0.6) is 5.75 Å². The van der Waals surface area contributed by atoms with Gasteiger partial charge < -0.3 is 14.2 Å². The van der Waals surface area contributed by atoms with Crippen molar-refractivity contribution in [1.82, 2.24) is 0 Å². The minimum atomic E-state index is -0.492. The van der Waals surface area contributed by atoms with Gasteiger partial charge in [0.15, 0.2) is 0 Å². The third-order valence-electron chi connectivity index (χ3n) is 7.73. The van der Waals surface area contributed by atoms with Crippen molar-refractivity contribution in [3.63, 3.8) is 0 Å². The van der Waals surface area contributed by atoms with Crippen LogP contribution >= 0.6 is 0 Å². The van der Waals surface area contributed by atoms with Gasteiger partial charge >= 0.3 is 11.9 Å². The Morgan fingerprint density at radius 3 is 2.26 bits per heavy atom. The Morgan fingerprint density at radius 2 is 1.66 bits per heavy atom. The fourth-order valence-electron chi connectivity index (χ4n) is 5.59. The highest BCUT2D eigenvalue weighted by Gasteiger charge is 2.67. The predicted octanol–water partition coefficient (Wildman–Crippen LogP) is 7.57. The van der Waals surface area contributed by atoms with Crippen molar-refractivity contribution in [2.75, 3.05) is 6.61 Å². The quantitative estimate of drug-likeness (QED) is 0.155. The van der Waals surface area contributed by atoms with Crippen LogP contribution in [0.3, 0.4) is 0 Å². The van der Waals surface area contributed by atoms with Crippen LogP contribution in [-0.4, -0.2) is 30.3 Å². The van der Waals surface area contributed by atoms with E-state index in [0.717, 1.165) is 31.4 Å². The van der Waals surface area contributed by atoms with Crippen molar-refractivity contribution in [2.45, 2.75) is 116 Å². The van der Waals surface area contributed by atoms with E-state index < -0.39 is 11.0 Å². The Kier molecular flexibility index (Phi) is 10.2. The van der Waals surface area contributed by atoms with Crippen molar-refractivity contribution < 1.29 is 23.8 Å². The van der Waals surface area contributed by atoms with Gasteiger partial charge in [0, 0.05) is 0 Å². The molecule has 1 aromatic carbocycles. The first-order valence-corrected chi connectivity index (χ1v) is 13.8. The van der Waals surface area contributed by atoms with E-state index in [1.165, 1.54) is 32.1 Å². The second-order valence-electron chi connectivity index (χ2n) is 10.2. The maximum absolute atomic E-state index is 12.7. The molecule has 1 unspecified atom stereocenters. The van der Waals surface area contributed by atoms with E-state index in [0.29, 0.717) is 37.9 Å². The van der Waals surface area contributed by atoms with Crippen molar-refractivity contribution in [3.05, 3.63) is 42.0 Å². The highest BCUT2D eigenvalue weighted by atomic mass is 16.6. The van der Waals surface area contributed by atoms with Gasteiger partial charge in [-0.25, -0.2) is 4.79 Å². The zero-order chi connectivity index (χ0) is 25.2. The number of ether oxygens (including phenoxy) is 3. The van der Waals surface area contributed by atoms with Gasteiger partial charge in [-0.1, -0.05) is 58.4 Å². The SMILES string of the molecule is C/C=C/C1(CCCCCC)OC(=O)C12CCC(OC(=O)c1ccc(OCCCCCC)cc1)CC2. The van der Waals surface area contributed by atoms with Gasteiger partial charge in [0.05, 0.1) is 12.2 Å². The van der Waals surface area contributed by atoms with E-state index in [1.54, 1.807) is 12.1 Å². The summed E-state index contributed by atoms with van der Waals surface area (Å²) in [5.74, 6) is 0.387. The van der Waals surface area contributed by atoms with Gasteiger partial charge in [-0.15, -0.1) is 0 Å². The minimum absolute atomic E-state index is 0.0823. The Hall–Kier alpha value is -2.30. The second-order valence-corrected chi connectivity index (χ2v) is 10.2. The number of hydrogen-bond acceptors (Lipinski definition) is 5. The van der Waals surface area contributed by atoms with Crippen molar-refractivity contribution in [1.29, 1.82) is 0 Å². The molecule has 1 aliphatic heterocycles. The highest BCUT2D eigenvalue weighted by molar-refractivity contribution is 5.89. The van der Waals surface area contributed by atoms with Crippen LogP contribution in [0.25, 0.3) is 0 Å². The van der Waals surface area contributed by atoms with E-state index in [4.69, 9.17) is 14.2 Å². The number of carbonyl (C=O) groups is 2. The van der Waals surface area contributed by atoms with Gasteiger partial charge in [-0.2, -0.15) is 0 Å². The first-order valence-electron chi connectivity index (χ1n) is 13.8. The minimum Gasteiger partial charge on any atom is -0.494 e. The summed E-state index contributed by atoms with van der Waals surface area (Å²) in [6.45, 7) is 7.08. The summed E-state index contributed by atoms with van der Waals surface area (Å²) in [6.07, 6.45) is 16.9. The normalized spacial score (nSPS) is 25.9. The number of esters is 2. The number of benzene rings is 1. The lowest BCUT2D eigenvalue weighted by atomic mass is 9.57. The third kappa shape index (κ3) is 6.48. The lowest BCUT2D eigenvalue weighted by molar-refractivity contribution is -0.241. The summed E-state index contributed by atoms with van der Waals surface area (Å²) in [7, 11) is 0. The molecule has 194 valence electrons. The molecular weight excluding hydrogens is 440 g/mol. The van der Waals surface area contributed by atoms with E-state index in [1.807, 2.05) is 25.1 Å². The van der Waals surface area contributed by atoms with Crippen LogP contribution in [0.4, 0.5) is 0 Å². The maximum atomic E-state index is 12.7. The second kappa shape index (κ2) is 13.1. The summed E-state index contributed by atoms with van der Waals surface area (Å²) in [5.41, 5.74) is -0.426. The van der Waals surface area contributed by atoms with E-state index >= 15 is 0 Å². The zero-order valence-corrected chi connectivity index (χ0v) is 22.0. The monoisotopic (exact) mass is 484 g/mol. The molecule has 3 rings (SSSR count). The molecule has 1 atom stereocenters. The fraction of sp³-hybridized carbons (Fsp3) is 0.667. The Labute approximate surface area is 211 Å². The fourth-order valence-corrected chi connectivity index (χ4v) is 5.59. The molecule has 0 N–H and O–H groups in total. The highest BCUT2D eigenvalue weighted by Crippen LogP contribution is 2.58. The van der Waals surface area contributed by atoms with E-state index in [-0.39, 0.29) is 18.0 Å². The number of cyclic esters (lactones) is 1. The average Bonchev–Trinajstić information content (AvgIpc) is 2.87. The van der Waals surface area contributed by atoms with Gasteiger partial charge in [-0.3, -0.25) is 4.79 Å². The van der Waals surface area contributed by atoms with Crippen LogP contribution in [0.15, 0.2) is 36.4 Å². The molecule has 35 heavy (non-hydrogen) atoms. The summed E-state index contributed by atoms with van der Waals surface area (Å²) < 4.78 is 17.4. The van der Waals surface area contributed by atoms with Gasteiger partial charge in [0.2, 0.25) is 0 Å². The summed E-state index contributed by atoms with van der Waals surface area (Å²) >= 11 is 0. The maximum Gasteiger partial charge on any atom is 0.338 e. The molecule has 0 amide bonds. The van der Waals surface area contributed by atoms with Crippen LogP contribution in [0.2, 0.25) is 0 Å². The molecule has 2 fully saturated rings. The summed E-state index contributed by atoms with van der Waals surface area (Å²) in [5, 5.41) is 0. The van der Waals surface area contributed by atoms with Gasteiger partial charge in [0.25, 0.3) is 0 Å². The third-order valence-corrected chi connectivity index (χ3v) is 7.73. The topological polar surface area (TPSA) is 61.8 Å². The summed E-state index contributed by atoms with van der Waals surface area (Å²) in [6, 6.07) is 7.20. The molecular formula is C30H44O5. The number of hydrogen-bond donors (Lipinski definition) is 0. The molecule has 1 saturated heterocycles.